The average Bonchev–Trinajstić information content (AvgIpc) is 2.65. The topological polar surface area (TPSA) is 24.5 Å². The summed E-state index contributed by atoms with van der Waals surface area (Å²) in [4.78, 5) is 2.40. The molecule has 2 aromatic rings. The SMILES string of the molecule is COc1ccc2c(c1)CCCC2NCCCN(C)Cc1ccccc1. The van der Waals surface area contributed by atoms with Crippen molar-refractivity contribution in [2.75, 3.05) is 27.2 Å². The second-order valence-electron chi connectivity index (χ2n) is 7.04. The van der Waals surface area contributed by atoms with E-state index in [1.54, 1.807) is 7.11 Å². The van der Waals surface area contributed by atoms with Gasteiger partial charge in [0, 0.05) is 12.6 Å². The Kier molecular flexibility index (Phi) is 6.48. The Morgan fingerprint density at radius 3 is 2.80 bits per heavy atom. The van der Waals surface area contributed by atoms with Crippen LogP contribution in [0.15, 0.2) is 48.5 Å². The van der Waals surface area contributed by atoms with Gasteiger partial charge in [-0.25, -0.2) is 0 Å². The highest BCUT2D eigenvalue weighted by Gasteiger charge is 2.19. The number of nitrogens with one attached hydrogen (secondary N) is 1. The minimum atomic E-state index is 0.495. The first-order valence-electron chi connectivity index (χ1n) is 9.39. The molecule has 1 aliphatic rings. The molecular weight excluding hydrogens is 308 g/mol. The van der Waals surface area contributed by atoms with Gasteiger partial charge >= 0.3 is 0 Å². The van der Waals surface area contributed by atoms with Crippen LogP contribution in [0.2, 0.25) is 0 Å². The van der Waals surface area contributed by atoms with Gasteiger partial charge in [0.15, 0.2) is 0 Å². The molecule has 0 saturated heterocycles. The van der Waals surface area contributed by atoms with Crippen molar-refractivity contribution in [3.63, 3.8) is 0 Å². The molecule has 3 rings (SSSR count). The van der Waals surface area contributed by atoms with Crippen LogP contribution in [-0.4, -0.2) is 32.1 Å². The normalized spacial score (nSPS) is 16.7. The third kappa shape index (κ3) is 5.07. The predicted molar refractivity (Wildman–Crippen MR) is 104 cm³/mol. The molecule has 1 unspecified atom stereocenters. The van der Waals surface area contributed by atoms with Crippen molar-refractivity contribution >= 4 is 0 Å². The summed E-state index contributed by atoms with van der Waals surface area (Å²) in [7, 11) is 3.95. The van der Waals surface area contributed by atoms with Gasteiger partial charge in [-0.1, -0.05) is 36.4 Å². The predicted octanol–water partition coefficient (Wildman–Crippen LogP) is 4.18. The Bertz CT molecular complexity index is 656. The van der Waals surface area contributed by atoms with Crippen LogP contribution in [0.1, 0.15) is 42.0 Å². The van der Waals surface area contributed by atoms with Gasteiger partial charge in [-0.15, -0.1) is 0 Å². The highest BCUT2D eigenvalue weighted by molar-refractivity contribution is 5.39. The maximum atomic E-state index is 5.36. The van der Waals surface area contributed by atoms with E-state index in [0.717, 1.165) is 25.4 Å². The molecule has 1 aliphatic carbocycles. The Morgan fingerprint density at radius 1 is 1.16 bits per heavy atom. The van der Waals surface area contributed by atoms with E-state index in [1.807, 2.05) is 0 Å². The highest BCUT2D eigenvalue weighted by atomic mass is 16.5. The number of nitrogens with zero attached hydrogens (tertiary/aromatic N) is 1. The van der Waals surface area contributed by atoms with Crippen LogP contribution in [0.4, 0.5) is 0 Å². The second kappa shape index (κ2) is 9.02. The van der Waals surface area contributed by atoms with Crippen molar-refractivity contribution in [1.29, 1.82) is 0 Å². The molecule has 3 nitrogen and oxygen atoms in total. The lowest BCUT2D eigenvalue weighted by molar-refractivity contribution is 0.314. The Balaban J connectivity index is 1.44. The molecule has 1 N–H and O–H groups in total. The molecular formula is C22H30N2O. The molecule has 3 heteroatoms. The zero-order valence-electron chi connectivity index (χ0n) is 15.5. The monoisotopic (exact) mass is 338 g/mol. The summed E-state index contributed by atoms with van der Waals surface area (Å²) < 4.78 is 5.36. The first-order valence-corrected chi connectivity index (χ1v) is 9.39. The van der Waals surface area contributed by atoms with E-state index in [4.69, 9.17) is 4.74 Å². The second-order valence-corrected chi connectivity index (χ2v) is 7.04. The standard InChI is InChI=1S/C22H30N2O/c1-24(17-18-8-4-3-5-9-18)15-7-14-23-22-11-6-10-19-16-20(25-2)12-13-21(19)22/h3-5,8-9,12-13,16,22-23H,6-7,10-11,14-15,17H2,1-2H3. The lowest BCUT2D eigenvalue weighted by atomic mass is 9.87. The lowest BCUT2D eigenvalue weighted by Crippen LogP contribution is -2.28. The summed E-state index contributed by atoms with van der Waals surface area (Å²) in [6.45, 7) is 3.20. The largest absolute Gasteiger partial charge is 0.497 e. The highest BCUT2D eigenvalue weighted by Crippen LogP contribution is 2.32. The summed E-state index contributed by atoms with van der Waals surface area (Å²) in [5, 5.41) is 3.77. The number of aryl methyl sites for hydroxylation is 1. The van der Waals surface area contributed by atoms with Gasteiger partial charge in [0.05, 0.1) is 7.11 Å². The van der Waals surface area contributed by atoms with Gasteiger partial charge in [0.25, 0.3) is 0 Å². The number of hydrogen-bond acceptors (Lipinski definition) is 3. The van der Waals surface area contributed by atoms with Crippen molar-refractivity contribution in [2.24, 2.45) is 0 Å². The summed E-state index contributed by atoms with van der Waals surface area (Å²) in [5.41, 5.74) is 4.29. The van der Waals surface area contributed by atoms with Gasteiger partial charge in [0.1, 0.15) is 5.75 Å². The molecule has 0 spiro atoms. The van der Waals surface area contributed by atoms with Crippen molar-refractivity contribution in [2.45, 2.75) is 38.3 Å². The van der Waals surface area contributed by atoms with E-state index in [2.05, 4.69) is 65.8 Å². The summed E-state index contributed by atoms with van der Waals surface area (Å²) >= 11 is 0. The van der Waals surface area contributed by atoms with Crippen LogP contribution in [-0.2, 0) is 13.0 Å². The fraction of sp³-hybridized carbons (Fsp3) is 0.455. The summed E-state index contributed by atoms with van der Waals surface area (Å²) in [6.07, 6.45) is 4.83. The zero-order valence-corrected chi connectivity index (χ0v) is 15.5. The number of ether oxygens (including phenoxy) is 1. The molecule has 0 aliphatic heterocycles. The number of hydrogen-bond donors (Lipinski definition) is 1. The molecule has 0 aromatic heterocycles. The maximum Gasteiger partial charge on any atom is 0.119 e. The Labute approximate surface area is 152 Å². The lowest BCUT2D eigenvalue weighted by Gasteiger charge is -2.27. The Hall–Kier alpha value is -1.84. The third-order valence-corrected chi connectivity index (χ3v) is 5.07. The first kappa shape index (κ1) is 18.0. The number of rotatable bonds is 8. The van der Waals surface area contributed by atoms with Gasteiger partial charge < -0.3 is 15.0 Å². The fourth-order valence-corrected chi connectivity index (χ4v) is 3.73. The van der Waals surface area contributed by atoms with E-state index in [1.165, 1.54) is 42.4 Å². The van der Waals surface area contributed by atoms with E-state index >= 15 is 0 Å². The quantitative estimate of drug-likeness (QED) is 0.731. The zero-order chi connectivity index (χ0) is 17.5. The van der Waals surface area contributed by atoms with Crippen molar-refractivity contribution in [3.05, 3.63) is 65.2 Å². The maximum absolute atomic E-state index is 5.36. The van der Waals surface area contributed by atoms with Crippen LogP contribution in [0.5, 0.6) is 5.75 Å². The molecule has 1 atom stereocenters. The first-order chi connectivity index (χ1) is 12.3. The Morgan fingerprint density at radius 2 is 2.00 bits per heavy atom. The van der Waals surface area contributed by atoms with Gasteiger partial charge in [0.2, 0.25) is 0 Å². The van der Waals surface area contributed by atoms with Crippen molar-refractivity contribution in [1.82, 2.24) is 10.2 Å². The van der Waals surface area contributed by atoms with Crippen molar-refractivity contribution in [3.8, 4) is 5.75 Å². The molecule has 0 fully saturated rings. The van der Waals surface area contributed by atoms with Gasteiger partial charge in [-0.2, -0.15) is 0 Å². The average molecular weight is 338 g/mol. The van der Waals surface area contributed by atoms with E-state index in [0.29, 0.717) is 6.04 Å². The molecule has 25 heavy (non-hydrogen) atoms. The van der Waals surface area contributed by atoms with Crippen LogP contribution in [0.25, 0.3) is 0 Å². The smallest absolute Gasteiger partial charge is 0.119 e. The fourth-order valence-electron chi connectivity index (χ4n) is 3.73. The number of fused-ring (bicyclic) bond motifs is 1. The van der Waals surface area contributed by atoms with E-state index in [-0.39, 0.29) is 0 Å². The van der Waals surface area contributed by atoms with Crippen LogP contribution in [0.3, 0.4) is 0 Å². The minimum Gasteiger partial charge on any atom is -0.497 e. The molecule has 0 bridgehead atoms. The molecule has 134 valence electrons. The minimum absolute atomic E-state index is 0.495. The van der Waals surface area contributed by atoms with E-state index < -0.39 is 0 Å². The van der Waals surface area contributed by atoms with E-state index in [9.17, 15) is 0 Å². The molecule has 0 amide bonds. The number of methoxy groups -OCH3 is 1. The number of benzene rings is 2. The van der Waals surface area contributed by atoms with Gasteiger partial charge in [-0.05, 0) is 74.6 Å². The van der Waals surface area contributed by atoms with Crippen molar-refractivity contribution < 1.29 is 4.74 Å². The molecule has 0 radical (unpaired) electrons. The molecule has 0 heterocycles. The third-order valence-electron chi connectivity index (χ3n) is 5.07. The van der Waals surface area contributed by atoms with Gasteiger partial charge in [-0.3, -0.25) is 0 Å². The van der Waals surface area contributed by atoms with Crippen LogP contribution < -0.4 is 10.1 Å². The summed E-state index contributed by atoms with van der Waals surface area (Å²) in [6, 6.07) is 17.7. The van der Waals surface area contributed by atoms with Crippen LogP contribution >= 0.6 is 0 Å². The summed E-state index contributed by atoms with van der Waals surface area (Å²) in [5.74, 6) is 0.974. The molecule has 2 aromatic carbocycles. The molecule has 0 saturated carbocycles. The van der Waals surface area contributed by atoms with Crippen LogP contribution in [0, 0.1) is 0 Å².